The lowest BCUT2D eigenvalue weighted by Gasteiger charge is -2.16. The zero-order valence-corrected chi connectivity index (χ0v) is 15.2. The van der Waals surface area contributed by atoms with Gasteiger partial charge in [-0.3, -0.25) is 19.4 Å². The number of carboxylic acid groups (broad SMARTS) is 1. The Balaban J connectivity index is 2.07. The molecule has 1 aliphatic heterocycles. The third-order valence-electron chi connectivity index (χ3n) is 4.93. The van der Waals surface area contributed by atoms with Gasteiger partial charge in [0.1, 0.15) is 12.4 Å². The van der Waals surface area contributed by atoms with Crippen molar-refractivity contribution in [3.8, 4) is 0 Å². The highest BCUT2D eigenvalue weighted by molar-refractivity contribution is 6.26. The van der Waals surface area contributed by atoms with Crippen molar-refractivity contribution in [3.05, 3.63) is 70.7 Å². The van der Waals surface area contributed by atoms with Gasteiger partial charge in [-0.25, -0.2) is 4.39 Å². The van der Waals surface area contributed by atoms with Crippen molar-refractivity contribution in [2.45, 2.75) is 13.0 Å². The number of aliphatic carboxylic acids is 1. The van der Waals surface area contributed by atoms with Gasteiger partial charge in [-0.2, -0.15) is 0 Å². The minimum Gasteiger partial charge on any atom is -0.481 e. The van der Waals surface area contributed by atoms with Crippen LogP contribution in [0.2, 0.25) is 0 Å². The number of carbonyl (C=O) groups is 3. The number of rotatable bonds is 5. The summed E-state index contributed by atoms with van der Waals surface area (Å²) in [6.45, 7) is -0.186. The summed E-state index contributed by atoms with van der Waals surface area (Å²) in [5.74, 6) is -2.61. The predicted molar refractivity (Wildman–Crippen MR) is 104 cm³/mol. The van der Waals surface area contributed by atoms with Gasteiger partial charge in [-0.15, -0.1) is 0 Å². The average molecular weight is 393 g/mol. The van der Waals surface area contributed by atoms with Crippen molar-refractivity contribution in [2.75, 3.05) is 6.54 Å². The molecule has 4 rings (SSSR count). The summed E-state index contributed by atoms with van der Waals surface area (Å²) in [7, 11) is 0. The average Bonchev–Trinajstić information content (AvgIpc) is 3.01. The molecule has 0 saturated carbocycles. The molecule has 146 valence electrons. The second-order valence-corrected chi connectivity index (χ2v) is 6.72. The van der Waals surface area contributed by atoms with Crippen LogP contribution < -0.4 is 5.73 Å². The number of halogens is 1. The fourth-order valence-electron chi connectivity index (χ4n) is 3.74. The molecule has 0 spiro atoms. The van der Waals surface area contributed by atoms with Crippen LogP contribution in [0, 0.1) is 5.82 Å². The summed E-state index contributed by atoms with van der Waals surface area (Å²) < 4.78 is 16.0. The first-order valence-electron chi connectivity index (χ1n) is 8.85. The molecule has 2 heterocycles. The molecule has 3 N–H and O–H groups in total. The van der Waals surface area contributed by atoms with Crippen molar-refractivity contribution < 1.29 is 23.9 Å². The molecule has 7 nitrogen and oxygen atoms in total. The van der Waals surface area contributed by atoms with E-state index in [1.54, 1.807) is 34.9 Å². The molecule has 1 aromatic heterocycles. The summed E-state index contributed by atoms with van der Waals surface area (Å²) in [5.41, 5.74) is 7.20. The third kappa shape index (κ3) is 3.08. The van der Waals surface area contributed by atoms with Crippen LogP contribution in [0.3, 0.4) is 0 Å². The SMILES string of the molecule is NC(=O)c1cccc2c1c1c(n2Cc2ccccc2F)C(CC(=O)O)=NCC1=O. The van der Waals surface area contributed by atoms with Gasteiger partial charge in [0.25, 0.3) is 0 Å². The number of amides is 1. The van der Waals surface area contributed by atoms with E-state index in [1.165, 1.54) is 12.1 Å². The van der Waals surface area contributed by atoms with E-state index in [4.69, 9.17) is 5.73 Å². The number of carboxylic acids is 1. The Labute approximate surface area is 164 Å². The van der Waals surface area contributed by atoms with Crippen molar-refractivity contribution in [1.29, 1.82) is 0 Å². The van der Waals surface area contributed by atoms with Gasteiger partial charge in [0, 0.05) is 16.5 Å². The molecule has 0 saturated heterocycles. The number of nitrogens with two attached hydrogens (primary N) is 1. The smallest absolute Gasteiger partial charge is 0.309 e. The molecular formula is C21H16FN3O4. The predicted octanol–water partition coefficient (Wildman–Crippen LogP) is 2.39. The lowest BCUT2D eigenvalue weighted by Crippen LogP contribution is -2.24. The van der Waals surface area contributed by atoms with Gasteiger partial charge in [0.05, 0.1) is 35.5 Å². The summed E-state index contributed by atoms with van der Waals surface area (Å²) in [5, 5.41) is 9.63. The number of Topliss-reactive ketones (excluding diaryl/α,β-unsaturated/α-hetero) is 1. The number of fused-ring (bicyclic) bond motifs is 3. The molecule has 0 radical (unpaired) electrons. The number of carbonyl (C=O) groups excluding carboxylic acids is 2. The standard InChI is InChI=1S/C21H16FN3O4/c22-13-6-2-1-4-11(13)10-25-15-7-3-5-12(21(23)29)18(15)19-16(26)9-24-14(20(19)25)8-17(27)28/h1-7H,8-10H2,(H2,23,29)(H,27,28). The Hall–Kier alpha value is -3.81. The van der Waals surface area contributed by atoms with Gasteiger partial charge < -0.3 is 15.4 Å². The van der Waals surface area contributed by atoms with Crippen molar-refractivity contribution in [2.24, 2.45) is 10.7 Å². The van der Waals surface area contributed by atoms with E-state index in [2.05, 4.69) is 4.99 Å². The van der Waals surface area contributed by atoms with Crippen molar-refractivity contribution in [1.82, 2.24) is 4.57 Å². The van der Waals surface area contributed by atoms with E-state index in [-0.39, 0.29) is 41.4 Å². The summed E-state index contributed by atoms with van der Waals surface area (Å²) >= 11 is 0. The highest BCUT2D eigenvalue weighted by Gasteiger charge is 2.32. The van der Waals surface area contributed by atoms with Crippen LogP contribution in [0.1, 0.15) is 38.4 Å². The Morgan fingerprint density at radius 2 is 1.93 bits per heavy atom. The number of hydrogen-bond acceptors (Lipinski definition) is 4. The first-order chi connectivity index (χ1) is 13.9. The van der Waals surface area contributed by atoms with Crippen LogP contribution in [0.15, 0.2) is 47.5 Å². The number of aromatic nitrogens is 1. The number of aliphatic imine (C=N–C) groups is 1. The first kappa shape index (κ1) is 18.5. The maximum atomic E-state index is 14.3. The molecule has 2 aromatic carbocycles. The second-order valence-electron chi connectivity index (χ2n) is 6.72. The lowest BCUT2D eigenvalue weighted by molar-refractivity contribution is -0.135. The molecule has 1 aliphatic rings. The van der Waals surface area contributed by atoms with Crippen LogP contribution >= 0.6 is 0 Å². The minimum absolute atomic E-state index is 0.0344. The van der Waals surface area contributed by atoms with Crippen LogP contribution in [0.5, 0.6) is 0 Å². The topological polar surface area (TPSA) is 115 Å². The van der Waals surface area contributed by atoms with Gasteiger partial charge in [-0.05, 0) is 18.2 Å². The van der Waals surface area contributed by atoms with E-state index < -0.39 is 24.1 Å². The fraction of sp³-hybridized carbons (Fsp3) is 0.143. The third-order valence-corrected chi connectivity index (χ3v) is 4.93. The Kier molecular flexibility index (Phi) is 4.46. The van der Waals surface area contributed by atoms with Crippen LogP contribution in [0.4, 0.5) is 4.39 Å². The largest absolute Gasteiger partial charge is 0.481 e. The Bertz CT molecular complexity index is 1230. The van der Waals surface area contributed by atoms with Crippen LogP contribution in [0.25, 0.3) is 10.9 Å². The zero-order chi connectivity index (χ0) is 20.7. The fourth-order valence-corrected chi connectivity index (χ4v) is 3.74. The highest BCUT2D eigenvalue weighted by atomic mass is 19.1. The molecule has 0 bridgehead atoms. The first-order valence-corrected chi connectivity index (χ1v) is 8.85. The van der Waals surface area contributed by atoms with E-state index in [0.29, 0.717) is 16.5 Å². The van der Waals surface area contributed by atoms with Crippen molar-refractivity contribution >= 4 is 34.3 Å². The molecular weight excluding hydrogens is 377 g/mol. The molecule has 0 aliphatic carbocycles. The van der Waals surface area contributed by atoms with Gasteiger partial charge in [0.2, 0.25) is 5.91 Å². The summed E-state index contributed by atoms with van der Waals surface area (Å²) in [4.78, 5) is 40.3. The van der Waals surface area contributed by atoms with E-state index in [9.17, 15) is 23.9 Å². The lowest BCUT2D eigenvalue weighted by atomic mass is 9.96. The van der Waals surface area contributed by atoms with Gasteiger partial charge >= 0.3 is 5.97 Å². The zero-order valence-electron chi connectivity index (χ0n) is 15.2. The maximum Gasteiger partial charge on any atom is 0.309 e. The minimum atomic E-state index is -1.11. The molecule has 29 heavy (non-hydrogen) atoms. The Morgan fingerprint density at radius 3 is 2.62 bits per heavy atom. The van der Waals surface area contributed by atoms with Gasteiger partial charge in [-0.1, -0.05) is 24.3 Å². The number of ketones is 1. The van der Waals surface area contributed by atoms with Crippen molar-refractivity contribution in [3.63, 3.8) is 0 Å². The second kappa shape index (κ2) is 6.97. The van der Waals surface area contributed by atoms with E-state index in [1.807, 2.05) is 0 Å². The van der Waals surface area contributed by atoms with Crippen LogP contribution in [-0.2, 0) is 11.3 Å². The van der Waals surface area contributed by atoms with E-state index in [0.717, 1.165) is 0 Å². The molecule has 0 fully saturated rings. The van der Waals surface area contributed by atoms with Crippen LogP contribution in [-0.4, -0.2) is 39.6 Å². The van der Waals surface area contributed by atoms with Gasteiger partial charge in [0.15, 0.2) is 5.78 Å². The van der Waals surface area contributed by atoms with E-state index >= 15 is 0 Å². The normalized spacial score (nSPS) is 13.3. The molecule has 0 unspecified atom stereocenters. The molecule has 3 aromatic rings. The maximum absolute atomic E-state index is 14.3. The molecule has 1 amide bonds. The summed E-state index contributed by atoms with van der Waals surface area (Å²) in [6, 6.07) is 11.0. The Morgan fingerprint density at radius 1 is 1.17 bits per heavy atom. The number of hydrogen-bond donors (Lipinski definition) is 2. The number of nitrogens with zero attached hydrogens (tertiary/aromatic N) is 2. The quantitative estimate of drug-likeness (QED) is 0.692. The highest BCUT2D eigenvalue weighted by Crippen LogP contribution is 2.33. The molecule has 0 atom stereocenters. The number of benzene rings is 2. The molecule has 8 heteroatoms. The monoisotopic (exact) mass is 393 g/mol. The summed E-state index contributed by atoms with van der Waals surface area (Å²) in [6.07, 6.45) is -0.403. The number of primary amides is 1.